The Bertz CT molecular complexity index is 362. The van der Waals surface area contributed by atoms with E-state index in [9.17, 15) is 10.1 Å². The summed E-state index contributed by atoms with van der Waals surface area (Å²) in [6, 6.07) is 2.88. The van der Waals surface area contributed by atoms with Gasteiger partial charge in [0, 0.05) is 12.1 Å². The Morgan fingerprint density at radius 3 is 2.62 bits per heavy atom. The highest BCUT2D eigenvalue weighted by Gasteiger charge is 2.34. The van der Waals surface area contributed by atoms with Gasteiger partial charge in [-0.1, -0.05) is 26.7 Å². The molecule has 1 aliphatic carbocycles. The molecule has 0 aromatic carbocycles. The van der Waals surface area contributed by atoms with E-state index in [0.29, 0.717) is 12.5 Å². The SMILES string of the molecule is CCCC1CCC(C#N)C(N(CC)CC(=O)NC(C)C)C1. The molecular formula is C17H31N3O. The van der Waals surface area contributed by atoms with Crippen LogP contribution in [0.5, 0.6) is 0 Å². The zero-order valence-electron chi connectivity index (χ0n) is 14.1. The van der Waals surface area contributed by atoms with Crippen molar-refractivity contribution in [2.45, 2.75) is 71.9 Å². The Balaban J connectivity index is 2.69. The van der Waals surface area contributed by atoms with Crippen molar-refractivity contribution in [1.29, 1.82) is 5.26 Å². The lowest BCUT2D eigenvalue weighted by Gasteiger charge is -2.39. The van der Waals surface area contributed by atoms with Gasteiger partial charge in [0.15, 0.2) is 0 Å². The van der Waals surface area contributed by atoms with Crippen LogP contribution in [0.25, 0.3) is 0 Å². The molecule has 0 saturated heterocycles. The quantitative estimate of drug-likeness (QED) is 0.785. The topological polar surface area (TPSA) is 56.1 Å². The second-order valence-corrected chi connectivity index (χ2v) is 6.56. The molecule has 0 radical (unpaired) electrons. The highest BCUT2D eigenvalue weighted by molar-refractivity contribution is 5.78. The molecule has 1 aliphatic rings. The van der Waals surface area contributed by atoms with E-state index < -0.39 is 0 Å². The second kappa shape index (κ2) is 9.04. The third-order valence-corrected chi connectivity index (χ3v) is 4.46. The number of nitrogens with one attached hydrogen (secondary N) is 1. The van der Waals surface area contributed by atoms with Gasteiger partial charge in [-0.15, -0.1) is 0 Å². The molecule has 1 amide bonds. The molecular weight excluding hydrogens is 262 g/mol. The summed E-state index contributed by atoms with van der Waals surface area (Å²) in [6.45, 7) is 9.50. The second-order valence-electron chi connectivity index (χ2n) is 6.56. The molecule has 0 spiro atoms. The Morgan fingerprint density at radius 2 is 2.10 bits per heavy atom. The lowest BCUT2D eigenvalue weighted by molar-refractivity contribution is -0.123. The van der Waals surface area contributed by atoms with Crippen LogP contribution in [0, 0.1) is 23.2 Å². The number of rotatable bonds is 7. The number of hydrogen-bond acceptors (Lipinski definition) is 3. The molecule has 0 heterocycles. The molecule has 0 aliphatic heterocycles. The van der Waals surface area contributed by atoms with E-state index >= 15 is 0 Å². The molecule has 1 rings (SSSR count). The number of nitriles is 1. The Morgan fingerprint density at radius 1 is 1.38 bits per heavy atom. The van der Waals surface area contributed by atoms with E-state index in [4.69, 9.17) is 0 Å². The summed E-state index contributed by atoms with van der Waals surface area (Å²) in [5.41, 5.74) is 0. The van der Waals surface area contributed by atoms with Crippen molar-refractivity contribution >= 4 is 5.91 Å². The van der Waals surface area contributed by atoms with E-state index in [1.807, 2.05) is 13.8 Å². The molecule has 120 valence electrons. The summed E-state index contributed by atoms with van der Waals surface area (Å²) in [5, 5.41) is 12.4. The first-order valence-corrected chi connectivity index (χ1v) is 8.44. The van der Waals surface area contributed by atoms with E-state index in [0.717, 1.165) is 25.8 Å². The minimum absolute atomic E-state index is 0.0705. The third-order valence-electron chi connectivity index (χ3n) is 4.46. The third kappa shape index (κ3) is 5.67. The lowest BCUT2D eigenvalue weighted by Crippen LogP contribution is -2.49. The maximum Gasteiger partial charge on any atom is 0.234 e. The molecule has 0 bridgehead atoms. The van der Waals surface area contributed by atoms with Gasteiger partial charge >= 0.3 is 0 Å². The normalized spacial score (nSPS) is 25.9. The van der Waals surface area contributed by atoms with Crippen LogP contribution in [-0.2, 0) is 4.79 Å². The van der Waals surface area contributed by atoms with E-state index in [-0.39, 0.29) is 23.9 Å². The maximum atomic E-state index is 12.0. The minimum Gasteiger partial charge on any atom is -0.353 e. The van der Waals surface area contributed by atoms with Crippen molar-refractivity contribution in [2.24, 2.45) is 11.8 Å². The van der Waals surface area contributed by atoms with Gasteiger partial charge in [-0.05, 0) is 45.6 Å². The van der Waals surface area contributed by atoms with Crippen molar-refractivity contribution < 1.29 is 4.79 Å². The van der Waals surface area contributed by atoms with Crippen LogP contribution in [0.2, 0.25) is 0 Å². The van der Waals surface area contributed by atoms with Gasteiger partial charge in [-0.2, -0.15) is 5.26 Å². The smallest absolute Gasteiger partial charge is 0.234 e. The van der Waals surface area contributed by atoms with Crippen molar-refractivity contribution in [3.63, 3.8) is 0 Å². The molecule has 1 N–H and O–H groups in total. The largest absolute Gasteiger partial charge is 0.353 e. The van der Waals surface area contributed by atoms with Gasteiger partial charge in [0.05, 0.1) is 18.5 Å². The van der Waals surface area contributed by atoms with Gasteiger partial charge in [0.2, 0.25) is 5.91 Å². The predicted octanol–water partition coefficient (Wildman–Crippen LogP) is 2.94. The van der Waals surface area contributed by atoms with Crippen LogP contribution in [0.3, 0.4) is 0 Å². The average Bonchev–Trinajstić information content (AvgIpc) is 2.44. The number of nitrogens with zero attached hydrogens (tertiary/aromatic N) is 2. The fourth-order valence-electron chi connectivity index (χ4n) is 3.47. The van der Waals surface area contributed by atoms with Crippen molar-refractivity contribution in [1.82, 2.24) is 10.2 Å². The summed E-state index contributed by atoms with van der Waals surface area (Å²) in [7, 11) is 0. The number of carbonyl (C=O) groups is 1. The zero-order chi connectivity index (χ0) is 15.8. The lowest BCUT2D eigenvalue weighted by atomic mass is 9.76. The summed E-state index contributed by atoms with van der Waals surface area (Å²) in [5.74, 6) is 0.859. The fraction of sp³-hybridized carbons (Fsp3) is 0.882. The fourth-order valence-corrected chi connectivity index (χ4v) is 3.47. The van der Waals surface area contributed by atoms with Crippen molar-refractivity contribution in [3.05, 3.63) is 0 Å². The van der Waals surface area contributed by atoms with E-state index in [1.54, 1.807) is 0 Å². The first-order chi connectivity index (χ1) is 10.0. The highest BCUT2D eigenvalue weighted by atomic mass is 16.2. The Hall–Kier alpha value is -1.08. The Labute approximate surface area is 129 Å². The maximum absolute atomic E-state index is 12.0. The standard InChI is InChI=1S/C17H31N3O/c1-5-7-14-8-9-15(11-18)16(10-14)20(6-2)12-17(21)19-13(3)4/h13-16H,5-10,12H2,1-4H3,(H,19,21). The van der Waals surface area contributed by atoms with Gasteiger partial charge in [-0.25, -0.2) is 0 Å². The molecule has 21 heavy (non-hydrogen) atoms. The van der Waals surface area contributed by atoms with Gasteiger partial charge in [-0.3, -0.25) is 9.69 Å². The molecule has 1 fully saturated rings. The minimum atomic E-state index is 0.0705. The predicted molar refractivity (Wildman–Crippen MR) is 85.7 cm³/mol. The zero-order valence-corrected chi connectivity index (χ0v) is 14.1. The summed E-state index contributed by atoms with van der Waals surface area (Å²) in [4.78, 5) is 14.2. The van der Waals surface area contributed by atoms with Gasteiger partial charge < -0.3 is 5.32 Å². The van der Waals surface area contributed by atoms with Crippen LogP contribution < -0.4 is 5.32 Å². The van der Waals surface area contributed by atoms with E-state index in [2.05, 4.69) is 30.1 Å². The molecule has 4 heteroatoms. The Kier molecular flexibility index (Phi) is 7.74. The molecule has 0 aromatic heterocycles. The summed E-state index contributed by atoms with van der Waals surface area (Å²) in [6.07, 6.45) is 5.65. The number of likely N-dealkylation sites (N-methyl/N-ethyl adjacent to an activating group) is 1. The average molecular weight is 293 g/mol. The monoisotopic (exact) mass is 293 g/mol. The van der Waals surface area contributed by atoms with Crippen LogP contribution >= 0.6 is 0 Å². The molecule has 1 saturated carbocycles. The van der Waals surface area contributed by atoms with E-state index in [1.165, 1.54) is 12.8 Å². The first kappa shape index (κ1) is 18.0. The van der Waals surface area contributed by atoms with Crippen LogP contribution in [-0.4, -0.2) is 36.0 Å². The molecule has 4 nitrogen and oxygen atoms in total. The van der Waals surface area contributed by atoms with Gasteiger partial charge in [0.1, 0.15) is 0 Å². The van der Waals surface area contributed by atoms with Crippen LogP contribution in [0.4, 0.5) is 0 Å². The summed E-state index contributed by atoms with van der Waals surface area (Å²) < 4.78 is 0. The molecule has 3 unspecified atom stereocenters. The van der Waals surface area contributed by atoms with Gasteiger partial charge in [0.25, 0.3) is 0 Å². The number of carbonyl (C=O) groups excluding carboxylic acids is 1. The van der Waals surface area contributed by atoms with Crippen LogP contribution in [0.15, 0.2) is 0 Å². The number of amides is 1. The highest BCUT2D eigenvalue weighted by Crippen LogP contribution is 2.34. The van der Waals surface area contributed by atoms with Crippen LogP contribution in [0.1, 0.15) is 59.8 Å². The van der Waals surface area contributed by atoms with Crippen molar-refractivity contribution in [3.8, 4) is 6.07 Å². The molecule has 3 atom stereocenters. The number of hydrogen-bond donors (Lipinski definition) is 1. The summed E-state index contributed by atoms with van der Waals surface area (Å²) >= 11 is 0. The van der Waals surface area contributed by atoms with Crippen molar-refractivity contribution in [2.75, 3.05) is 13.1 Å². The first-order valence-electron chi connectivity index (χ1n) is 8.44. The molecule has 0 aromatic rings.